The summed E-state index contributed by atoms with van der Waals surface area (Å²) in [4.78, 5) is 14.8. The third kappa shape index (κ3) is 4.71. The number of benzene rings is 1. The van der Waals surface area contributed by atoms with Crippen LogP contribution in [0.25, 0.3) is 0 Å². The molecule has 0 atom stereocenters. The number of nitrogens with one attached hydrogen (secondary N) is 1. The average Bonchev–Trinajstić information content (AvgIpc) is 2.94. The smallest absolute Gasteiger partial charge is 0.268 e. The van der Waals surface area contributed by atoms with Gasteiger partial charge in [0.15, 0.2) is 0 Å². The number of aryl methyl sites for hydroxylation is 1. The van der Waals surface area contributed by atoms with Crippen LogP contribution in [-0.4, -0.2) is 28.5 Å². The summed E-state index contributed by atoms with van der Waals surface area (Å²) in [5.74, 6) is -0.0467. The monoisotopic (exact) mass is 391 g/mol. The number of carbonyl (C=O) groups is 1. The van der Waals surface area contributed by atoms with Gasteiger partial charge in [0.2, 0.25) is 0 Å². The van der Waals surface area contributed by atoms with Crippen molar-refractivity contribution in [3.05, 3.63) is 57.8 Å². The maximum atomic E-state index is 12.5. The molecule has 5 heteroatoms. The number of carbonyl (C=O) groups excluding carboxylic acids is 1. The average molecular weight is 392 g/mol. The minimum Gasteiger partial charge on any atom is -0.347 e. The molecule has 4 nitrogen and oxygen atoms in total. The van der Waals surface area contributed by atoms with E-state index in [1.54, 1.807) is 0 Å². The number of rotatable bonds is 7. The van der Waals surface area contributed by atoms with E-state index in [1.807, 2.05) is 35.9 Å². The highest BCUT2D eigenvalue weighted by atomic mass is 79.9. The molecular formula is C19H26BrN3O. The highest BCUT2D eigenvalue weighted by Crippen LogP contribution is 2.16. The molecule has 24 heavy (non-hydrogen) atoms. The summed E-state index contributed by atoms with van der Waals surface area (Å²) in [6.45, 7) is 8.57. The predicted octanol–water partition coefficient (Wildman–Crippen LogP) is 4.04. The van der Waals surface area contributed by atoms with E-state index in [0.717, 1.165) is 23.1 Å². The van der Waals surface area contributed by atoms with E-state index in [0.29, 0.717) is 18.3 Å². The number of hydrogen-bond acceptors (Lipinski definition) is 2. The summed E-state index contributed by atoms with van der Waals surface area (Å²) >= 11 is 3.43. The molecule has 0 spiro atoms. The fourth-order valence-electron chi connectivity index (χ4n) is 2.53. The lowest BCUT2D eigenvalue weighted by Crippen LogP contribution is -2.28. The minimum atomic E-state index is -0.0467. The zero-order valence-electron chi connectivity index (χ0n) is 14.8. The van der Waals surface area contributed by atoms with Crippen molar-refractivity contribution in [3.8, 4) is 0 Å². The molecule has 2 aromatic rings. The summed E-state index contributed by atoms with van der Waals surface area (Å²) in [6, 6.07) is 10.6. The summed E-state index contributed by atoms with van der Waals surface area (Å²) < 4.78 is 2.87. The molecule has 0 saturated carbocycles. The zero-order chi connectivity index (χ0) is 17.7. The van der Waals surface area contributed by atoms with E-state index < -0.39 is 0 Å². The molecule has 0 saturated heterocycles. The largest absolute Gasteiger partial charge is 0.347 e. The first-order chi connectivity index (χ1) is 11.4. The van der Waals surface area contributed by atoms with Crippen molar-refractivity contribution < 1.29 is 4.79 Å². The second-order valence-corrected chi connectivity index (χ2v) is 7.21. The molecule has 1 N–H and O–H groups in total. The number of nitrogens with zero attached hydrogens (tertiary/aromatic N) is 2. The van der Waals surface area contributed by atoms with E-state index in [-0.39, 0.29) is 5.91 Å². The number of amides is 1. The Labute approximate surface area is 153 Å². The van der Waals surface area contributed by atoms with E-state index in [4.69, 9.17) is 0 Å². The summed E-state index contributed by atoms with van der Waals surface area (Å²) in [5, 5.41) is 3.05. The molecule has 1 aromatic carbocycles. The van der Waals surface area contributed by atoms with Crippen LogP contribution in [0, 0.1) is 0 Å². The molecular weight excluding hydrogens is 366 g/mol. The Morgan fingerprint density at radius 1 is 1.29 bits per heavy atom. The number of aromatic nitrogens is 1. The van der Waals surface area contributed by atoms with Gasteiger partial charge in [-0.05, 0) is 60.9 Å². The molecule has 1 amide bonds. The van der Waals surface area contributed by atoms with E-state index in [1.165, 1.54) is 5.56 Å². The van der Waals surface area contributed by atoms with E-state index in [9.17, 15) is 4.79 Å². The molecule has 0 radical (unpaired) electrons. The fraction of sp³-hybridized carbons (Fsp3) is 0.421. The molecule has 0 aliphatic rings. The Morgan fingerprint density at radius 2 is 1.96 bits per heavy atom. The molecule has 0 bridgehead atoms. The molecule has 0 fully saturated rings. The number of halogens is 1. The summed E-state index contributed by atoms with van der Waals surface area (Å²) in [7, 11) is 2.12. The van der Waals surface area contributed by atoms with Crippen LogP contribution in [0.15, 0.2) is 41.0 Å². The topological polar surface area (TPSA) is 37.3 Å². The van der Waals surface area contributed by atoms with Crippen molar-refractivity contribution in [3.63, 3.8) is 0 Å². The van der Waals surface area contributed by atoms with Gasteiger partial charge < -0.3 is 9.88 Å². The molecule has 1 aromatic heterocycles. The van der Waals surface area contributed by atoms with Gasteiger partial charge in [-0.15, -0.1) is 0 Å². The van der Waals surface area contributed by atoms with Gasteiger partial charge in [-0.1, -0.05) is 24.3 Å². The standard InChI is InChI=1S/C19H26BrN3O/c1-5-23-13-17(20)10-18(23)19(24)21-11-15-8-6-7-9-16(15)12-22(4)14(2)3/h6-10,13-14H,5,11-12H2,1-4H3,(H,21,24). The van der Waals surface area contributed by atoms with Gasteiger partial charge in [-0.25, -0.2) is 0 Å². The fourth-order valence-corrected chi connectivity index (χ4v) is 2.99. The molecule has 0 aliphatic carbocycles. The quantitative estimate of drug-likeness (QED) is 0.772. The lowest BCUT2D eigenvalue weighted by molar-refractivity contribution is 0.0941. The van der Waals surface area contributed by atoms with Crippen LogP contribution in [0.3, 0.4) is 0 Å². The third-order valence-electron chi connectivity index (χ3n) is 4.30. The molecule has 0 aliphatic heterocycles. The molecule has 1 heterocycles. The SMILES string of the molecule is CCn1cc(Br)cc1C(=O)NCc1ccccc1CN(C)C(C)C. The molecule has 2 rings (SSSR count). The van der Waals surface area contributed by atoms with Crippen LogP contribution in [0.4, 0.5) is 0 Å². The third-order valence-corrected chi connectivity index (χ3v) is 4.73. The summed E-state index contributed by atoms with van der Waals surface area (Å²) in [5.41, 5.74) is 3.09. The van der Waals surface area contributed by atoms with Gasteiger partial charge in [0.25, 0.3) is 5.91 Å². The first-order valence-corrected chi connectivity index (χ1v) is 9.12. The minimum absolute atomic E-state index is 0.0467. The van der Waals surface area contributed by atoms with Crippen molar-refractivity contribution >= 4 is 21.8 Å². The number of hydrogen-bond donors (Lipinski definition) is 1. The van der Waals surface area contributed by atoms with Crippen LogP contribution < -0.4 is 5.32 Å². The Balaban J connectivity index is 2.07. The molecule has 0 unspecified atom stereocenters. The van der Waals surface area contributed by atoms with Gasteiger partial charge in [0.05, 0.1) is 0 Å². The van der Waals surface area contributed by atoms with Gasteiger partial charge in [-0.3, -0.25) is 9.69 Å². The van der Waals surface area contributed by atoms with E-state index >= 15 is 0 Å². The highest BCUT2D eigenvalue weighted by Gasteiger charge is 2.13. The Kier molecular flexibility index (Phi) is 6.63. The van der Waals surface area contributed by atoms with Crippen LogP contribution >= 0.6 is 15.9 Å². The van der Waals surface area contributed by atoms with Gasteiger partial charge >= 0.3 is 0 Å². The lowest BCUT2D eigenvalue weighted by Gasteiger charge is -2.22. The normalized spacial score (nSPS) is 11.3. The maximum Gasteiger partial charge on any atom is 0.268 e. The first-order valence-electron chi connectivity index (χ1n) is 8.33. The van der Waals surface area contributed by atoms with Crippen LogP contribution in [0.5, 0.6) is 0 Å². The Hall–Kier alpha value is -1.59. The van der Waals surface area contributed by atoms with Crippen molar-refractivity contribution in [2.75, 3.05) is 7.05 Å². The summed E-state index contributed by atoms with van der Waals surface area (Å²) in [6.07, 6.45) is 1.93. The van der Waals surface area contributed by atoms with Crippen molar-refractivity contribution in [1.82, 2.24) is 14.8 Å². The Morgan fingerprint density at radius 3 is 2.58 bits per heavy atom. The van der Waals surface area contributed by atoms with Gasteiger partial charge in [-0.2, -0.15) is 0 Å². The zero-order valence-corrected chi connectivity index (χ0v) is 16.4. The lowest BCUT2D eigenvalue weighted by atomic mass is 10.1. The van der Waals surface area contributed by atoms with Crippen LogP contribution in [0.2, 0.25) is 0 Å². The highest BCUT2D eigenvalue weighted by molar-refractivity contribution is 9.10. The van der Waals surface area contributed by atoms with E-state index in [2.05, 4.69) is 59.2 Å². The van der Waals surface area contributed by atoms with Gasteiger partial charge in [0, 0.05) is 36.3 Å². The van der Waals surface area contributed by atoms with Crippen LogP contribution in [0.1, 0.15) is 42.4 Å². The van der Waals surface area contributed by atoms with Crippen LogP contribution in [-0.2, 0) is 19.6 Å². The van der Waals surface area contributed by atoms with Crippen molar-refractivity contribution in [1.29, 1.82) is 0 Å². The van der Waals surface area contributed by atoms with Gasteiger partial charge in [0.1, 0.15) is 5.69 Å². The maximum absolute atomic E-state index is 12.5. The molecule has 130 valence electrons. The van der Waals surface area contributed by atoms with Crippen molar-refractivity contribution in [2.45, 2.75) is 46.4 Å². The predicted molar refractivity (Wildman–Crippen MR) is 102 cm³/mol. The second-order valence-electron chi connectivity index (χ2n) is 6.29. The Bertz CT molecular complexity index is 694. The first kappa shape index (κ1) is 18.7. The second kappa shape index (κ2) is 8.49. The van der Waals surface area contributed by atoms with Crippen molar-refractivity contribution in [2.24, 2.45) is 0 Å².